The number of aromatic nitrogens is 1. The fourth-order valence-electron chi connectivity index (χ4n) is 1.53. The van der Waals surface area contributed by atoms with Crippen LogP contribution in [0, 0.1) is 5.92 Å². The van der Waals surface area contributed by atoms with E-state index in [0.717, 1.165) is 31.0 Å². The zero-order chi connectivity index (χ0) is 14.8. The van der Waals surface area contributed by atoms with Crippen LogP contribution in [0.15, 0.2) is 23.3 Å². The Kier molecular flexibility index (Phi) is 7.99. The molecule has 0 aliphatic carbocycles. The second-order valence-electron chi connectivity index (χ2n) is 4.67. The van der Waals surface area contributed by atoms with Crippen LogP contribution in [0.4, 0.5) is 0 Å². The van der Waals surface area contributed by atoms with Crippen LogP contribution < -0.4 is 10.6 Å². The van der Waals surface area contributed by atoms with E-state index in [1.165, 1.54) is 0 Å². The molecule has 1 unspecified atom stereocenters. The molecular weight excluding hydrogens is 276 g/mol. The van der Waals surface area contributed by atoms with Crippen LogP contribution in [-0.4, -0.2) is 42.3 Å². The molecular formula is C14H23ClN4O. The van der Waals surface area contributed by atoms with Crippen LogP contribution in [0.25, 0.3) is 0 Å². The fourth-order valence-corrected chi connectivity index (χ4v) is 1.64. The second-order valence-corrected chi connectivity index (χ2v) is 5.06. The Bertz CT molecular complexity index is 408. The number of hydrogen-bond acceptors (Lipinski definition) is 3. The molecule has 1 aromatic rings. The molecule has 0 bridgehead atoms. The Hall–Kier alpha value is -1.33. The smallest absolute Gasteiger partial charge is 0.191 e. The topological polar surface area (TPSA) is 69.5 Å². The molecule has 0 radical (unpaired) electrons. The van der Waals surface area contributed by atoms with Crippen molar-refractivity contribution in [1.29, 1.82) is 0 Å². The maximum Gasteiger partial charge on any atom is 0.191 e. The van der Waals surface area contributed by atoms with Crippen molar-refractivity contribution in [2.75, 3.05) is 26.2 Å². The maximum atomic E-state index is 9.00. The zero-order valence-corrected chi connectivity index (χ0v) is 12.8. The highest BCUT2D eigenvalue weighted by Gasteiger charge is 2.01. The highest BCUT2D eigenvalue weighted by Crippen LogP contribution is 2.05. The monoisotopic (exact) mass is 298 g/mol. The molecule has 6 heteroatoms. The number of aliphatic hydroxyl groups excluding tert-OH is 1. The van der Waals surface area contributed by atoms with Gasteiger partial charge in [-0.1, -0.05) is 24.6 Å². The summed E-state index contributed by atoms with van der Waals surface area (Å²) >= 11 is 5.75. The van der Waals surface area contributed by atoms with Crippen molar-refractivity contribution in [2.45, 2.75) is 20.3 Å². The Morgan fingerprint density at radius 1 is 1.45 bits per heavy atom. The summed E-state index contributed by atoms with van der Waals surface area (Å²) in [6, 6.07) is 3.76. The molecule has 20 heavy (non-hydrogen) atoms. The molecule has 0 aliphatic heterocycles. The number of pyridine rings is 1. The van der Waals surface area contributed by atoms with Crippen molar-refractivity contribution in [3.63, 3.8) is 0 Å². The van der Waals surface area contributed by atoms with E-state index >= 15 is 0 Å². The molecule has 1 atom stereocenters. The van der Waals surface area contributed by atoms with Crippen LogP contribution in [-0.2, 0) is 6.42 Å². The number of aliphatic hydroxyl groups is 1. The van der Waals surface area contributed by atoms with Crippen LogP contribution >= 0.6 is 11.6 Å². The third-order valence-electron chi connectivity index (χ3n) is 2.71. The van der Waals surface area contributed by atoms with E-state index in [0.29, 0.717) is 11.7 Å². The van der Waals surface area contributed by atoms with E-state index in [1.807, 2.05) is 19.9 Å². The lowest BCUT2D eigenvalue weighted by molar-refractivity contribution is 0.241. The van der Waals surface area contributed by atoms with E-state index in [9.17, 15) is 0 Å². The van der Waals surface area contributed by atoms with Crippen molar-refractivity contribution in [3.05, 3.63) is 29.0 Å². The molecule has 1 heterocycles. The molecule has 0 aliphatic rings. The first kappa shape index (κ1) is 16.7. The van der Waals surface area contributed by atoms with E-state index in [4.69, 9.17) is 16.7 Å². The number of rotatable bonds is 7. The van der Waals surface area contributed by atoms with Gasteiger partial charge in [-0.3, -0.25) is 4.99 Å². The molecule has 0 amide bonds. The number of nitrogens with one attached hydrogen (secondary N) is 2. The molecule has 1 aromatic heterocycles. The van der Waals surface area contributed by atoms with Gasteiger partial charge in [0.2, 0.25) is 0 Å². The van der Waals surface area contributed by atoms with Crippen LogP contribution in [0.5, 0.6) is 0 Å². The number of halogens is 1. The van der Waals surface area contributed by atoms with Crippen LogP contribution in [0.2, 0.25) is 5.15 Å². The summed E-state index contributed by atoms with van der Waals surface area (Å²) in [5.41, 5.74) is 1.13. The summed E-state index contributed by atoms with van der Waals surface area (Å²) < 4.78 is 0. The van der Waals surface area contributed by atoms with Gasteiger partial charge in [0.1, 0.15) is 5.15 Å². The molecule has 0 saturated heterocycles. The first-order valence-corrected chi connectivity index (χ1v) is 7.27. The summed E-state index contributed by atoms with van der Waals surface area (Å²) in [6.45, 7) is 6.32. The van der Waals surface area contributed by atoms with Gasteiger partial charge >= 0.3 is 0 Å². The summed E-state index contributed by atoms with van der Waals surface area (Å²) in [6.07, 6.45) is 2.63. The third-order valence-corrected chi connectivity index (χ3v) is 2.94. The lowest BCUT2D eigenvalue weighted by atomic mass is 10.2. The van der Waals surface area contributed by atoms with Gasteiger partial charge in [-0.15, -0.1) is 0 Å². The normalized spacial score (nSPS) is 13.1. The Morgan fingerprint density at radius 2 is 2.25 bits per heavy atom. The first-order valence-electron chi connectivity index (χ1n) is 6.89. The van der Waals surface area contributed by atoms with E-state index in [2.05, 4.69) is 20.6 Å². The highest BCUT2D eigenvalue weighted by atomic mass is 35.5. The molecule has 3 N–H and O–H groups in total. The number of hydrogen-bond donors (Lipinski definition) is 3. The van der Waals surface area contributed by atoms with Gasteiger partial charge in [-0.2, -0.15) is 0 Å². The average Bonchev–Trinajstić information content (AvgIpc) is 2.46. The number of guanidine groups is 1. The van der Waals surface area contributed by atoms with Crippen molar-refractivity contribution in [1.82, 2.24) is 15.6 Å². The predicted molar refractivity (Wildman–Crippen MR) is 83.2 cm³/mol. The summed E-state index contributed by atoms with van der Waals surface area (Å²) in [5, 5.41) is 15.9. The van der Waals surface area contributed by atoms with Gasteiger partial charge in [0.05, 0.1) is 0 Å². The number of nitrogens with zero attached hydrogens (tertiary/aromatic N) is 2. The third kappa shape index (κ3) is 6.73. The van der Waals surface area contributed by atoms with E-state index in [1.54, 1.807) is 12.3 Å². The summed E-state index contributed by atoms with van der Waals surface area (Å²) in [4.78, 5) is 8.48. The van der Waals surface area contributed by atoms with Crippen molar-refractivity contribution < 1.29 is 5.11 Å². The Balaban J connectivity index is 2.40. The molecule has 1 rings (SSSR count). The maximum absolute atomic E-state index is 9.00. The van der Waals surface area contributed by atoms with Crippen molar-refractivity contribution in [2.24, 2.45) is 10.9 Å². The van der Waals surface area contributed by atoms with Crippen molar-refractivity contribution >= 4 is 17.6 Å². The largest absolute Gasteiger partial charge is 0.396 e. The van der Waals surface area contributed by atoms with Gasteiger partial charge in [-0.05, 0) is 30.9 Å². The van der Waals surface area contributed by atoms with E-state index in [-0.39, 0.29) is 12.5 Å². The van der Waals surface area contributed by atoms with Crippen molar-refractivity contribution in [3.8, 4) is 0 Å². The van der Waals surface area contributed by atoms with Gasteiger partial charge in [-0.25, -0.2) is 4.98 Å². The quantitative estimate of drug-likeness (QED) is 0.405. The SMILES string of the molecule is CCNC(=NCC(C)CO)NCCc1ccc(Cl)nc1. The lowest BCUT2D eigenvalue weighted by Crippen LogP contribution is -2.38. The Labute approximate surface area is 125 Å². The Morgan fingerprint density at radius 3 is 2.85 bits per heavy atom. The summed E-state index contributed by atoms with van der Waals surface area (Å²) in [7, 11) is 0. The minimum absolute atomic E-state index is 0.152. The van der Waals surface area contributed by atoms with Gasteiger partial charge in [0.25, 0.3) is 0 Å². The minimum atomic E-state index is 0.152. The highest BCUT2D eigenvalue weighted by molar-refractivity contribution is 6.29. The summed E-state index contributed by atoms with van der Waals surface area (Å²) in [5.74, 6) is 0.945. The molecule has 112 valence electrons. The zero-order valence-electron chi connectivity index (χ0n) is 12.1. The minimum Gasteiger partial charge on any atom is -0.396 e. The predicted octanol–water partition coefficient (Wildman–Crippen LogP) is 1.46. The average molecular weight is 299 g/mol. The van der Waals surface area contributed by atoms with Gasteiger partial charge in [0.15, 0.2) is 5.96 Å². The van der Waals surface area contributed by atoms with Gasteiger partial charge in [0, 0.05) is 32.4 Å². The number of aliphatic imine (C=N–C) groups is 1. The molecule has 5 nitrogen and oxygen atoms in total. The standard InChI is InChI=1S/C14H23ClN4O/c1-3-16-14(19-8-11(2)10-20)17-7-6-12-4-5-13(15)18-9-12/h4-5,9,11,20H,3,6-8,10H2,1-2H3,(H2,16,17,19). The van der Waals surface area contributed by atoms with E-state index < -0.39 is 0 Å². The molecule has 0 fully saturated rings. The van der Waals surface area contributed by atoms with Crippen LogP contribution in [0.3, 0.4) is 0 Å². The first-order chi connectivity index (χ1) is 9.65. The molecule has 0 aromatic carbocycles. The molecule has 0 saturated carbocycles. The van der Waals surface area contributed by atoms with Crippen LogP contribution in [0.1, 0.15) is 19.4 Å². The fraction of sp³-hybridized carbons (Fsp3) is 0.571. The second kappa shape index (κ2) is 9.55. The van der Waals surface area contributed by atoms with Gasteiger partial charge < -0.3 is 15.7 Å². The lowest BCUT2D eigenvalue weighted by Gasteiger charge is -2.12. The molecule has 0 spiro atoms.